The number of aromatic nitrogens is 1. The second-order valence-corrected chi connectivity index (χ2v) is 3.89. The SMILES string of the molecule is Cc1ccc(F)cc1CC(=O)c1ccccn1. The minimum absolute atomic E-state index is 0.0979. The number of benzene rings is 1. The van der Waals surface area contributed by atoms with Gasteiger partial charge in [0, 0.05) is 12.6 Å². The molecule has 0 bridgehead atoms. The Balaban J connectivity index is 2.22. The molecule has 1 aromatic heterocycles. The van der Waals surface area contributed by atoms with E-state index in [1.54, 1.807) is 30.5 Å². The summed E-state index contributed by atoms with van der Waals surface area (Å²) in [6, 6.07) is 9.65. The fourth-order valence-corrected chi connectivity index (χ4v) is 1.62. The number of ketones is 1. The van der Waals surface area contributed by atoms with E-state index >= 15 is 0 Å². The highest BCUT2D eigenvalue weighted by Crippen LogP contribution is 2.13. The molecule has 1 heterocycles. The number of hydrogen-bond donors (Lipinski definition) is 0. The number of Topliss-reactive ketones (excluding diaryl/α,β-unsaturated/α-hetero) is 1. The smallest absolute Gasteiger partial charge is 0.185 e. The monoisotopic (exact) mass is 229 g/mol. The molecular weight excluding hydrogens is 217 g/mol. The van der Waals surface area contributed by atoms with Crippen molar-refractivity contribution >= 4 is 5.78 Å². The lowest BCUT2D eigenvalue weighted by atomic mass is 10.0. The lowest BCUT2D eigenvalue weighted by molar-refractivity contribution is 0.0988. The van der Waals surface area contributed by atoms with Crippen LogP contribution in [-0.2, 0) is 6.42 Å². The predicted molar refractivity (Wildman–Crippen MR) is 63.4 cm³/mol. The van der Waals surface area contributed by atoms with Gasteiger partial charge in [-0.1, -0.05) is 12.1 Å². The molecule has 0 atom stereocenters. The zero-order valence-electron chi connectivity index (χ0n) is 9.48. The summed E-state index contributed by atoms with van der Waals surface area (Å²) in [6.07, 6.45) is 1.76. The van der Waals surface area contributed by atoms with E-state index in [9.17, 15) is 9.18 Å². The van der Waals surface area contributed by atoms with Crippen molar-refractivity contribution in [3.05, 3.63) is 65.2 Å². The molecule has 2 rings (SSSR count). The Morgan fingerprint density at radius 3 is 2.82 bits per heavy atom. The van der Waals surface area contributed by atoms with Crippen LogP contribution in [-0.4, -0.2) is 10.8 Å². The summed E-state index contributed by atoms with van der Waals surface area (Å²) in [5.41, 5.74) is 2.03. The zero-order chi connectivity index (χ0) is 12.3. The van der Waals surface area contributed by atoms with Crippen molar-refractivity contribution in [2.45, 2.75) is 13.3 Å². The van der Waals surface area contributed by atoms with Gasteiger partial charge in [0.15, 0.2) is 5.78 Å². The molecule has 0 amide bonds. The molecule has 0 aliphatic heterocycles. The molecule has 0 radical (unpaired) electrons. The van der Waals surface area contributed by atoms with Crippen molar-refractivity contribution in [2.75, 3.05) is 0 Å². The first kappa shape index (κ1) is 11.5. The third-order valence-electron chi connectivity index (χ3n) is 2.61. The number of aryl methyl sites for hydroxylation is 1. The van der Waals surface area contributed by atoms with Gasteiger partial charge in [0.05, 0.1) is 0 Å². The van der Waals surface area contributed by atoms with E-state index in [4.69, 9.17) is 0 Å². The van der Waals surface area contributed by atoms with Crippen molar-refractivity contribution in [2.24, 2.45) is 0 Å². The van der Waals surface area contributed by atoms with E-state index in [0.717, 1.165) is 5.56 Å². The lowest BCUT2D eigenvalue weighted by Crippen LogP contribution is -2.06. The number of pyridine rings is 1. The molecule has 0 spiro atoms. The molecule has 0 N–H and O–H groups in total. The molecule has 0 unspecified atom stereocenters. The van der Waals surface area contributed by atoms with Crippen LogP contribution in [0.25, 0.3) is 0 Å². The van der Waals surface area contributed by atoms with E-state index in [1.807, 2.05) is 6.92 Å². The normalized spacial score (nSPS) is 10.2. The average Bonchev–Trinajstić information content (AvgIpc) is 2.35. The van der Waals surface area contributed by atoms with E-state index < -0.39 is 0 Å². The Labute approximate surface area is 99.1 Å². The second kappa shape index (κ2) is 4.87. The number of hydrogen-bond acceptors (Lipinski definition) is 2. The summed E-state index contributed by atoms with van der Waals surface area (Å²) in [5, 5.41) is 0. The van der Waals surface area contributed by atoms with Crippen LogP contribution < -0.4 is 0 Å². The van der Waals surface area contributed by atoms with Crippen LogP contribution in [0.4, 0.5) is 4.39 Å². The first-order chi connectivity index (χ1) is 8.16. The van der Waals surface area contributed by atoms with E-state index in [-0.39, 0.29) is 18.0 Å². The van der Waals surface area contributed by atoms with Gasteiger partial charge in [-0.3, -0.25) is 9.78 Å². The van der Waals surface area contributed by atoms with Crippen molar-refractivity contribution < 1.29 is 9.18 Å². The van der Waals surface area contributed by atoms with Crippen molar-refractivity contribution in [1.29, 1.82) is 0 Å². The molecule has 1 aromatic carbocycles. The van der Waals surface area contributed by atoms with E-state index in [1.165, 1.54) is 12.1 Å². The number of rotatable bonds is 3. The average molecular weight is 229 g/mol. The largest absolute Gasteiger partial charge is 0.292 e. The van der Waals surface area contributed by atoms with Crippen LogP contribution in [0.15, 0.2) is 42.6 Å². The van der Waals surface area contributed by atoms with Crippen LogP contribution in [0.3, 0.4) is 0 Å². The molecule has 0 saturated heterocycles. The summed E-state index contributed by atoms with van der Waals surface area (Å²) in [4.78, 5) is 15.9. The minimum Gasteiger partial charge on any atom is -0.292 e. The number of carbonyl (C=O) groups excluding carboxylic acids is 1. The molecule has 86 valence electrons. The second-order valence-electron chi connectivity index (χ2n) is 3.89. The Bertz CT molecular complexity index is 537. The quantitative estimate of drug-likeness (QED) is 0.757. The Morgan fingerprint density at radius 1 is 1.29 bits per heavy atom. The highest BCUT2D eigenvalue weighted by molar-refractivity contribution is 5.95. The summed E-state index contributed by atoms with van der Waals surface area (Å²) in [5.74, 6) is -0.418. The van der Waals surface area contributed by atoms with Crippen molar-refractivity contribution in [3.63, 3.8) is 0 Å². The van der Waals surface area contributed by atoms with Gasteiger partial charge in [-0.2, -0.15) is 0 Å². The summed E-state index contributed by atoms with van der Waals surface area (Å²) < 4.78 is 13.1. The summed E-state index contributed by atoms with van der Waals surface area (Å²) >= 11 is 0. The highest BCUT2D eigenvalue weighted by Gasteiger charge is 2.10. The van der Waals surface area contributed by atoms with Gasteiger partial charge in [-0.25, -0.2) is 4.39 Å². The molecule has 2 aromatic rings. The van der Waals surface area contributed by atoms with Gasteiger partial charge < -0.3 is 0 Å². The Kier molecular flexibility index (Phi) is 3.28. The van der Waals surface area contributed by atoms with Gasteiger partial charge in [0.1, 0.15) is 11.5 Å². The molecule has 0 aliphatic carbocycles. The Morgan fingerprint density at radius 2 is 2.12 bits per heavy atom. The fraction of sp³-hybridized carbons (Fsp3) is 0.143. The highest BCUT2D eigenvalue weighted by atomic mass is 19.1. The zero-order valence-corrected chi connectivity index (χ0v) is 9.48. The first-order valence-electron chi connectivity index (χ1n) is 5.36. The van der Waals surface area contributed by atoms with Crippen LogP contribution in [0.2, 0.25) is 0 Å². The van der Waals surface area contributed by atoms with Crippen LogP contribution >= 0.6 is 0 Å². The van der Waals surface area contributed by atoms with Gasteiger partial charge in [-0.15, -0.1) is 0 Å². The standard InChI is InChI=1S/C14H12FNO/c1-10-5-6-12(15)8-11(10)9-14(17)13-4-2-3-7-16-13/h2-8H,9H2,1H3. The van der Waals surface area contributed by atoms with Crippen LogP contribution in [0.1, 0.15) is 21.6 Å². The Hall–Kier alpha value is -2.03. The fourth-order valence-electron chi connectivity index (χ4n) is 1.62. The maximum absolute atomic E-state index is 13.1. The third kappa shape index (κ3) is 2.75. The summed E-state index contributed by atoms with van der Waals surface area (Å²) in [6.45, 7) is 1.86. The maximum Gasteiger partial charge on any atom is 0.185 e. The van der Waals surface area contributed by atoms with Gasteiger partial charge >= 0.3 is 0 Å². The lowest BCUT2D eigenvalue weighted by Gasteiger charge is -2.04. The number of carbonyl (C=O) groups is 1. The van der Waals surface area contributed by atoms with Gasteiger partial charge in [0.25, 0.3) is 0 Å². The third-order valence-corrected chi connectivity index (χ3v) is 2.61. The van der Waals surface area contributed by atoms with E-state index in [0.29, 0.717) is 11.3 Å². The molecule has 0 saturated carbocycles. The van der Waals surface area contributed by atoms with Gasteiger partial charge in [0.2, 0.25) is 0 Å². The minimum atomic E-state index is -0.320. The molecule has 17 heavy (non-hydrogen) atoms. The molecule has 3 heteroatoms. The molecular formula is C14H12FNO. The predicted octanol–water partition coefficient (Wildman–Crippen LogP) is 2.95. The van der Waals surface area contributed by atoms with Crippen LogP contribution in [0.5, 0.6) is 0 Å². The van der Waals surface area contributed by atoms with Crippen molar-refractivity contribution in [1.82, 2.24) is 4.98 Å². The van der Waals surface area contributed by atoms with Crippen molar-refractivity contribution in [3.8, 4) is 0 Å². The topological polar surface area (TPSA) is 30.0 Å². The number of halogens is 1. The molecule has 0 fully saturated rings. The molecule has 0 aliphatic rings. The number of nitrogens with zero attached hydrogens (tertiary/aromatic N) is 1. The van der Waals surface area contributed by atoms with E-state index in [2.05, 4.69) is 4.98 Å². The maximum atomic E-state index is 13.1. The van der Waals surface area contributed by atoms with Gasteiger partial charge in [-0.05, 0) is 42.3 Å². The molecule has 2 nitrogen and oxygen atoms in total. The van der Waals surface area contributed by atoms with Crippen LogP contribution in [0, 0.1) is 12.7 Å². The first-order valence-corrected chi connectivity index (χ1v) is 5.36. The summed E-state index contributed by atoms with van der Waals surface area (Å²) in [7, 11) is 0.